The number of hydrogen-bond acceptors (Lipinski definition) is 0. The zero-order valence-electron chi connectivity index (χ0n) is 9.93. The molecule has 0 spiro atoms. The van der Waals surface area contributed by atoms with Crippen LogP contribution in [0.15, 0.2) is 36.4 Å². The van der Waals surface area contributed by atoms with Gasteiger partial charge in [0.15, 0.2) is 0 Å². The molecule has 2 aromatic rings. The highest BCUT2D eigenvalue weighted by Crippen LogP contribution is 2.16. The normalized spacial score (nSPS) is 10.6. The zero-order valence-corrected chi connectivity index (χ0v) is 9.93. The maximum absolute atomic E-state index is 13.4. The second kappa shape index (κ2) is 4.66. The van der Waals surface area contributed by atoms with Gasteiger partial charge in [-0.25, -0.2) is 8.78 Å². The van der Waals surface area contributed by atoms with Crippen molar-refractivity contribution in [2.75, 3.05) is 0 Å². The number of benzene rings is 2. The van der Waals surface area contributed by atoms with Crippen LogP contribution in [-0.4, -0.2) is 0 Å². The van der Waals surface area contributed by atoms with Crippen LogP contribution in [0, 0.1) is 25.5 Å². The fraction of sp³-hybridized carbons (Fsp3) is 0.200. The van der Waals surface area contributed by atoms with Gasteiger partial charge < -0.3 is 0 Å². The first kappa shape index (κ1) is 11.8. The zero-order chi connectivity index (χ0) is 12.4. The van der Waals surface area contributed by atoms with Gasteiger partial charge in [-0.2, -0.15) is 0 Å². The summed E-state index contributed by atoms with van der Waals surface area (Å²) < 4.78 is 26.7. The van der Waals surface area contributed by atoms with Crippen molar-refractivity contribution in [3.8, 4) is 0 Å². The first-order valence-electron chi connectivity index (χ1n) is 5.56. The predicted molar refractivity (Wildman–Crippen MR) is 65.1 cm³/mol. The summed E-state index contributed by atoms with van der Waals surface area (Å²) in [5, 5.41) is 0. The third-order valence-corrected chi connectivity index (χ3v) is 2.88. The molecule has 0 aromatic heterocycles. The van der Waals surface area contributed by atoms with Gasteiger partial charge in [0.1, 0.15) is 11.6 Å². The Labute approximate surface area is 99.9 Å². The average molecular weight is 232 g/mol. The van der Waals surface area contributed by atoms with Gasteiger partial charge in [-0.1, -0.05) is 24.3 Å². The van der Waals surface area contributed by atoms with Crippen LogP contribution in [0.2, 0.25) is 0 Å². The van der Waals surface area contributed by atoms with E-state index in [0.717, 1.165) is 11.1 Å². The summed E-state index contributed by atoms with van der Waals surface area (Å²) in [5.74, 6) is -0.426. The van der Waals surface area contributed by atoms with Crippen molar-refractivity contribution in [3.63, 3.8) is 0 Å². The number of aryl methyl sites for hydroxylation is 2. The van der Waals surface area contributed by atoms with Crippen LogP contribution in [0.4, 0.5) is 8.78 Å². The highest BCUT2D eigenvalue weighted by molar-refractivity contribution is 5.31. The van der Waals surface area contributed by atoms with Gasteiger partial charge in [-0.3, -0.25) is 0 Å². The Morgan fingerprint density at radius 2 is 1.18 bits per heavy atom. The van der Waals surface area contributed by atoms with E-state index in [1.807, 2.05) is 12.1 Å². The molecular weight excluding hydrogens is 218 g/mol. The molecule has 0 N–H and O–H groups in total. The fourth-order valence-electron chi connectivity index (χ4n) is 1.73. The van der Waals surface area contributed by atoms with E-state index in [9.17, 15) is 8.78 Å². The molecule has 0 radical (unpaired) electrons. The van der Waals surface area contributed by atoms with Gasteiger partial charge in [0.2, 0.25) is 0 Å². The Kier molecular flexibility index (Phi) is 3.23. The van der Waals surface area contributed by atoms with Gasteiger partial charge in [-0.15, -0.1) is 0 Å². The molecule has 0 nitrogen and oxygen atoms in total. The first-order chi connectivity index (χ1) is 8.06. The van der Waals surface area contributed by atoms with Gasteiger partial charge in [0.05, 0.1) is 0 Å². The van der Waals surface area contributed by atoms with Crippen LogP contribution in [0.25, 0.3) is 0 Å². The predicted octanol–water partition coefficient (Wildman–Crippen LogP) is 4.17. The van der Waals surface area contributed by atoms with Crippen LogP contribution >= 0.6 is 0 Å². The molecule has 88 valence electrons. The molecule has 0 heterocycles. The van der Waals surface area contributed by atoms with Crippen molar-refractivity contribution >= 4 is 0 Å². The van der Waals surface area contributed by atoms with Gasteiger partial charge in [0, 0.05) is 0 Å². The van der Waals surface area contributed by atoms with Crippen LogP contribution < -0.4 is 0 Å². The SMILES string of the molecule is Cc1ccc(Cc2ccc(C)c(F)c2)cc1F. The highest BCUT2D eigenvalue weighted by Gasteiger charge is 2.03. The van der Waals surface area contributed by atoms with E-state index in [1.165, 1.54) is 12.1 Å². The van der Waals surface area contributed by atoms with Crippen molar-refractivity contribution in [2.24, 2.45) is 0 Å². The molecule has 0 saturated heterocycles. The lowest BCUT2D eigenvalue weighted by Crippen LogP contribution is -1.93. The third-order valence-electron chi connectivity index (χ3n) is 2.88. The lowest BCUT2D eigenvalue weighted by Gasteiger charge is -2.05. The Balaban J connectivity index is 2.25. The van der Waals surface area contributed by atoms with E-state index in [0.29, 0.717) is 17.5 Å². The lowest BCUT2D eigenvalue weighted by atomic mass is 10.0. The Bertz CT molecular complexity index is 495. The van der Waals surface area contributed by atoms with E-state index >= 15 is 0 Å². The van der Waals surface area contributed by atoms with Crippen molar-refractivity contribution < 1.29 is 8.78 Å². The molecule has 17 heavy (non-hydrogen) atoms. The molecule has 0 aliphatic rings. The number of hydrogen-bond donors (Lipinski definition) is 0. The van der Waals surface area contributed by atoms with E-state index < -0.39 is 0 Å². The minimum Gasteiger partial charge on any atom is -0.207 e. The van der Waals surface area contributed by atoms with Crippen LogP contribution in [-0.2, 0) is 6.42 Å². The average Bonchev–Trinajstić information content (AvgIpc) is 2.29. The topological polar surface area (TPSA) is 0 Å². The molecule has 0 amide bonds. The maximum atomic E-state index is 13.4. The summed E-state index contributed by atoms with van der Waals surface area (Å²) in [5.41, 5.74) is 2.97. The standard InChI is InChI=1S/C15H14F2/c1-10-3-5-12(8-14(10)16)7-13-6-4-11(2)15(17)9-13/h3-6,8-9H,7H2,1-2H3. The molecule has 0 fully saturated rings. The highest BCUT2D eigenvalue weighted by atomic mass is 19.1. The minimum absolute atomic E-state index is 0.213. The number of rotatable bonds is 2. The molecule has 0 unspecified atom stereocenters. The summed E-state index contributed by atoms with van der Waals surface area (Å²) in [6.45, 7) is 3.45. The maximum Gasteiger partial charge on any atom is 0.126 e. The molecule has 2 heteroatoms. The van der Waals surface area contributed by atoms with E-state index in [4.69, 9.17) is 0 Å². The molecule has 0 atom stereocenters. The summed E-state index contributed by atoms with van der Waals surface area (Å²) in [6.07, 6.45) is 0.550. The van der Waals surface area contributed by atoms with Gasteiger partial charge in [-0.05, 0) is 54.7 Å². The van der Waals surface area contributed by atoms with Crippen molar-refractivity contribution in [3.05, 3.63) is 70.3 Å². The van der Waals surface area contributed by atoms with E-state index in [2.05, 4.69) is 0 Å². The largest absolute Gasteiger partial charge is 0.207 e. The number of halogens is 2. The van der Waals surface area contributed by atoms with E-state index in [1.54, 1.807) is 26.0 Å². The third kappa shape index (κ3) is 2.70. The Morgan fingerprint density at radius 3 is 1.53 bits per heavy atom. The Hall–Kier alpha value is -1.70. The quantitative estimate of drug-likeness (QED) is 0.729. The molecule has 0 aliphatic carbocycles. The summed E-state index contributed by atoms with van der Waals surface area (Å²) in [4.78, 5) is 0. The fourth-order valence-corrected chi connectivity index (χ4v) is 1.73. The van der Waals surface area contributed by atoms with Crippen molar-refractivity contribution in [1.29, 1.82) is 0 Å². The minimum atomic E-state index is -0.213. The monoisotopic (exact) mass is 232 g/mol. The molecule has 2 rings (SSSR count). The second-order valence-electron chi connectivity index (χ2n) is 4.34. The van der Waals surface area contributed by atoms with Crippen LogP contribution in [0.5, 0.6) is 0 Å². The van der Waals surface area contributed by atoms with Crippen molar-refractivity contribution in [1.82, 2.24) is 0 Å². The van der Waals surface area contributed by atoms with Crippen LogP contribution in [0.3, 0.4) is 0 Å². The molecule has 0 bridgehead atoms. The second-order valence-corrected chi connectivity index (χ2v) is 4.34. The molecule has 0 aliphatic heterocycles. The molecule has 0 saturated carbocycles. The first-order valence-corrected chi connectivity index (χ1v) is 5.56. The Morgan fingerprint density at radius 1 is 0.765 bits per heavy atom. The summed E-state index contributed by atoms with van der Waals surface area (Å²) in [6, 6.07) is 10.2. The smallest absolute Gasteiger partial charge is 0.126 e. The van der Waals surface area contributed by atoms with E-state index in [-0.39, 0.29) is 11.6 Å². The van der Waals surface area contributed by atoms with Crippen LogP contribution in [0.1, 0.15) is 22.3 Å². The van der Waals surface area contributed by atoms with Gasteiger partial charge >= 0.3 is 0 Å². The van der Waals surface area contributed by atoms with Crippen molar-refractivity contribution in [2.45, 2.75) is 20.3 Å². The summed E-state index contributed by atoms with van der Waals surface area (Å²) >= 11 is 0. The summed E-state index contributed by atoms with van der Waals surface area (Å²) in [7, 11) is 0. The lowest BCUT2D eigenvalue weighted by molar-refractivity contribution is 0.615. The molecular formula is C15H14F2. The molecule has 2 aromatic carbocycles. The van der Waals surface area contributed by atoms with Gasteiger partial charge in [0.25, 0.3) is 0 Å².